The second kappa shape index (κ2) is 14.9. The molecule has 12 N–H and O–H groups in total. The second-order valence-electron chi connectivity index (χ2n) is 8.79. The molecular formula is C24H34N8O7. The Morgan fingerprint density at radius 2 is 1.69 bits per heavy atom. The fourth-order valence-corrected chi connectivity index (χ4v) is 3.74. The van der Waals surface area contributed by atoms with Crippen molar-refractivity contribution in [2.45, 2.75) is 50.2 Å². The molecule has 0 saturated carbocycles. The highest BCUT2D eigenvalue weighted by Gasteiger charge is 2.27. The molecule has 39 heavy (non-hydrogen) atoms. The van der Waals surface area contributed by atoms with Crippen LogP contribution in [0.2, 0.25) is 0 Å². The number of carboxylic acid groups (broad SMARTS) is 2. The summed E-state index contributed by atoms with van der Waals surface area (Å²) < 4.78 is 0. The lowest BCUT2D eigenvalue weighted by Gasteiger charge is -2.21. The highest BCUT2D eigenvalue weighted by molar-refractivity contribution is 5.93. The van der Waals surface area contributed by atoms with Crippen molar-refractivity contribution < 1.29 is 34.2 Å². The zero-order valence-corrected chi connectivity index (χ0v) is 21.2. The number of carbonyl (C=O) groups excluding carboxylic acids is 3. The summed E-state index contributed by atoms with van der Waals surface area (Å²) in [4.78, 5) is 66.9. The maximum atomic E-state index is 12.8. The van der Waals surface area contributed by atoms with Crippen LogP contribution in [0.25, 0.3) is 10.9 Å². The van der Waals surface area contributed by atoms with Crippen LogP contribution in [0, 0.1) is 0 Å². The summed E-state index contributed by atoms with van der Waals surface area (Å²) in [5.74, 6) is -4.95. The smallest absolute Gasteiger partial charge is 0.326 e. The summed E-state index contributed by atoms with van der Waals surface area (Å²) in [5.41, 5.74) is 18.3. The van der Waals surface area contributed by atoms with Crippen LogP contribution in [-0.4, -0.2) is 82.0 Å². The van der Waals surface area contributed by atoms with E-state index in [1.807, 2.05) is 24.3 Å². The lowest BCUT2D eigenvalue weighted by molar-refractivity contribution is -0.143. The van der Waals surface area contributed by atoms with E-state index in [0.717, 1.165) is 16.5 Å². The van der Waals surface area contributed by atoms with E-state index >= 15 is 0 Å². The number of carbonyl (C=O) groups is 5. The van der Waals surface area contributed by atoms with Gasteiger partial charge < -0.3 is 48.3 Å². The highest BCUT2D eigenvalue weighted by atomic mass is 16.4. The number of fused-ring (bicyclic) bond motifs is 1. The number of benzene rings is 1. The molecule has 1 aromatic heterocycles. The average molecular weight is 547 g/mol. The van der Waals surface area contributed by atoms with Crippen molar-refractivity contribution in [1.82, 2.24) is 20.9 Å². The van der Waals surface area contributed by atoms with E-state index in [-0.39, 0.29) is 38.2 Å². The van der Waals surface area contributed by atoms with Crippen molar-refractivity contribution in [2.75, 3.05) is 13.1 Å². The topological polar surface area (TPSA) is 268 Å². The van der Waals surface area contributed by atoms with Crippen LogP contribution in [0.5, 0.6) is 0 Å². The van der Waals surface area contributed by atoms with Crippen molar-refractivity contribution in [2.24, 2.45) is 22.2 Å². The molecule has 3 unspecified atom stereocenters. The number of nitrogens with zero attached hydrogens (tertiary/aromatic N) is 1. The summed E-state index contributed by atoms with van der Waals surface area (Å²) >= 11 is 0. The number of aromatic amines is 1. The molecule has 1 heterocycles. The molecule has 0 bridgehead atoms. The maximum Gasteiger partial charge on any atom is 0.326 e. The van der Waals surface area contributed by atoms with Gasteiger partial charge in [0.2, 0.25) is 17.7 Å². The van der Waals surface area contributed by atoms with Gasteiger partial charge in [0.05, 0.1) is 12.6 Å². The molecule has 0 aliphatic rings. The second-order valence-corrected chi connectivity index (χ2v) is 8.79. The van der Waals surface area contributed by atoms with Gasteiger partial charge in [0.1, 0.15) is 12.1 Å². The molecule has 0 aliphatic carbocycles. The van der Waals surface area contributed by atoms with Gasteiger partial charge in [-0.3, -0.25) is 24.2 Å². The number of para-hydroxylation sites is 1. The van der Waals surface area contributed by atoms with Gasteiger partial charge in [-0.1, -0.05) is 18.2 Å². The summed E-state index contributed by atoms with van der Waals surface area (Å²) in [6, 6.07) is 3.91. The van der Waals surface area contributed by atoms with Crippen LogP contribution < -0.4 is 33.2 Å². The standard InChI is InChI=1S/C24H34N8O7/c25-15(10-13-11-29-16-5-2-1-4-14(13)16)21(36)30-12-19(33)31-17(6-3-9-28-24(26)27)22(37)32-18(23(38)39)7-8-20(34)35/h1-2,4-5,11,15,17-18,29H,3,6-10,12,25H2,(H,30,36)(H,31,33)(H,32,37)(H,34,35)(H,38,39)(H4,26,27,28). The maximum absolute atomic E-state index is 12.8. The third-order valence-electron chi connectivity index (χ3n) is 5.73. The molecule has 0 fully saturated rings. The first kappa shape index (κ1) is 30.6. The molecule has 2 aromatic rings. The molecule has 1 aromatic carbocycles. The number of rotatable bonds is 16. The molecule has 15 heteroatoms. The van der Waals surface area contributed by atoms with Gasteiger partial charge in [0.25, 0.3) is 0 Å². The van der Waals surface area contributed by atoms with Gasteiger partial charge >= 0.3 is 11.9 Å². The monoisotopic (exact) mass is 546 g/mol. The molecule has 3 amide bonds. The van der Waals surface area contributed by atoms with E-state index in [1.54, 1.807) is 6.20 Å². The van der Waals surface area contributed by atoms with Crippen molar-refractivity contribution in [3.05, 3.63) is 36.0 Å². The zero-order valence-electron chi connectivity index (χ0n) is 21.2. The number of nitrogens with one attached hydrogen (secondary N) is 4. The highest BCUT2D eigenvalue weighted by Crippen LogP contribution is 2.18. The third kappa shape index (κ3) is 10.3. The van der Waals surface area contributed by atoms with Gasteiger partial charge in [-0.15, -0.1) is 0 Å². The average Bonchev–Trinajstić information content (AvgIpc) is 3.28. The van der Waals surface area contributed by atoms with Crippen LogP contribution in [-0.2, 0) is 30.4 Å². The zero-order chi connectivity index (χ0) is 28.9. The molecule has 212 valence electrons. The first-order valence-electron chi connectivity index (χ1n) is 12.2. The van der Waals surface area contributed by atoms with Crippen LogP contribution in [0.4, 0.5) is 0 Å². The quantitative estimate of drug-likeness (QED) is 0.0642. The molecular weight excluding hydrogens is 512 g/mol. The molecule has 0 saturated heterocycles. The molecule has 2 rings (SSSR count). The Morgan fingerprint density at radius 3 is 2.36 bits per heavy atom. The Bertz CT molecular complexity index is 1210. The number of hydrogen-bond donors (Lipinski definition) is 9. The summed E-state index contributed by atoms with van der Waals surface area (Å²) in [5, 5.41) is 26.2. The SMILES string of the molecule is NC(N)=NCCCC(NC(=O)CNC(=O)C(N)Cc1c[nH]c2ccccc12)C(=O)NC(CCC(=O)O)C(=O)O. The molecule has 0 radical (unpaired) electrons. The minimum absolute atomic E-state index is 0.0354. The normalized spacial score (nSPS) is 13.1. The summed E-state index contributed by atoms with van der Waals surface area (Å²) in [6.45, 7) is -0.345. The molecule has 3 atom stereocenters. The van der Waals surface area contributed by atoms with Crippen LogP contribution in [0.15, 0.2) is 35.5 Å². The Labute approximate surface area is 223 Å². The number of H-pyrrole nitrogens is 1. The lowest BCUT2D eigenvalue weighted by Crippen LogP contribution is -2.54. The first-order valence-corrected chi connectivity index (χ1v) is 12.2. The van der Waals surface area contributed by atoms with E-state index in [0.29, 0.717) is 0 Å². The van der Waals surface area contributed by atoms with Crippen molar-refractivity contribution in [3.8, 4) is 0 Å². The van der Waals surface area contributed by atoms with Gasteiger partial charge in [-0.05, 0) is 37.3 Å². The predicted octanol–water partition coefficient (Wildman–Crippen LogP) is -1.87. The van der Waals surface area contributed by atoms with E-state index in [1.165, 1.54) is 0 Å². The number of carboxylic acids is 2. The van der Waals surface area contributed by atoms with Gasteiger partial charge in [-0.25, -0.2) is 4.79 Å². The number of hydrogen-bond acceptors (Lipinski definition) is 7. The third-order valence-corrected chi connectivity index (χ3v) is 5.73. The molecule has 0 spiro atoms. The van der Waals surface area contributed by atoms with E-state index in [9.17, 15) is 29.1 Å². The largest absolute Gasteiger partial charge is 0.481 e. The van der Waals surface area contributed by atoms with Gasteiger partial charge in [0, 0.05) is 30.1 Å². The van der Waals surface area contributed by atoms with Crippen LogP contribution >= 0.6 is 0 Å². The first-order chi connectivity index (χ1) is 18.5. The van der Waals surface area contributed by atoms with Gasteiger partial charge in [-0.2, -0.15) is 0 Å². The van der Waals surface area contributed by atoms with Crippen molar-refractivity contribution in [1.29, 1.82) is 0 Å². The number of aliphatic imine (C=N–C) groups is 1. The van der Waals surface area contributed by atoms with E-state index in [4.69, 9.17) is 22.3 Å². The minimum Gasteiger partial charge on any atom is -0.481 e. The number of guanidine groups is 1. The summed E-state index contributed by atoms with van der Waals surface area (Å²) in [7, 11) is 0. The number of amides is 3. The Balaban J connectivity index is 1.96. The fourth-order valence-electron chi connectivity index (χ4n) is 3.74. The minimum atomic E-state index is -1.48. The number of aliphatic carboxylic acids is 2. The Morgan fingerprint density at radius 1 is 0.974 bits per heavy atom. The van der Waals surface area contributed by atoms with E-state index in [2.05, 4.69) is 25.9 Å². The molecule has 15 nitrogen and oxygen atoms in total. The van der Waals surface area contributed by atoms with Crippen LogP contribution in [0.1, 0.15) is 31.2 Å². The van der Waals surface area contributed by atoms with Crippen LogP contribution in [0.3, 0.4) is 0 Å². The number of nitrogens with two attached hydrogens (primary N) is 3. The fraction of sp³-hybridized carbons (Fsp3) is 0.417. The Kier molecular flexibility index (Phi) is 11.7. The number of aromatic nitrogens is 1. The molecule has 0 aliphatic heterocycles. The van der Waals surface area contributed by atoms with Crippen molar-refractivity contribution in [3.63, 3.8) is 0 Å². The van der Waals surface area contributed by atoms with Crippen molar-refractivity contribution >= 4 is 46.5 Å². The predicted molar refractivity (Wildman–Crippen MR) is 141 cm³/mol. The Hall–Kier alpha value is -4.66. The van der Waals surface area contributed by atoms with Gasteiger partial charge in [0.15, 0.2) is 5.96 Å². The van der Waals surface area contributed by atoms with E-state index < -0.39 is 60.8 Å². The summed E-state index contributed by atoms with van der Waals surface area (Å²) in [6.07, 6.45) is 1.44. The lowest BCUT2D eigenvalue weighted by atomic mass is 10.1.